The van der Waals surface area contributed by atoms with Crippen molar-refractivity contribution in [2.75, 3.05) is 24.5 Å². The molecule has 0 atom stereocenters. The molecule has 1 fully saturated rings. The Bertz CT molecular complexity index is 859. The molecule has 1 aromatic carbocycles. The standard InChI is InChI=1S/C23H26FN3O/c24-20-15-25-12-11-21(20)27-16-23(17-27,13-18-7-3-1-4-8-18)22(28)26-14-19-9-5-2-6-10-19/h1,3-4,7-9,11-12,15H,2,5-6,10,13-14,16-17H2,(H,26,28). The fourth-order valence-electron chi connectivity index (χ4n) is 4.25. The van der Waals surface area contributed by atoms with E-state index in [4.69, 9.17) is 0 Å². The van der Waals surface area contributed by atoms with E-state index in [0.29, 0.717) is 31.7 Å². The maximum absolute atomic E-state index is 14.1. The Hall–Kier alpha value is -2.69. The van der Waals surface area contributed by atoms with E-state index in [1.54, 1.807) is 12.3 Å². The zero-order valence-corrected chi connectivity index (χ0v) is 16.0. The first-order chi connectivity index (χ1) is 13.7. The van der Waals surface area contributed by atoms with Gasteiger partial charge in [0, 0.05) is 25.8 Å². The molecule has 1 saturated heterocycles. The van der Waals surface area contributed by atoms with E-state index in [2.05, 4.69) is 16.4 Å². The van der Waals surface area contributed by atoms with E-state index >= 15 is 0 Å². The molecule has 0 spiro atoms. The number of nitrogens with zero attached hydrogens (tertiary/aromatic N) is 2. The van der Waals surface area contributed by atoms with Crippen LogP contribution in [0.1, 0.15) is 31.2 Å². The quantitative estimate of drug-likeness (QED) is 0.775. The van der Waals surface area contributed by atoms with Crippen molar-refractivity contribution < 1.29 is 9.18 Å². The molecule has 2 aliphatic rings. The van der Waals surface area contributed by atoms with E-state index < -0.39 is 5.41 Å². The van der Waals surface area contributed by atoms with Gasteiger partial charge < -0.3 is 10.2 Å². The van der Waals surface area contributed by atoms with Crippen LogP contribution in [-0.2, 0) is 11.2 Å². The van der Waals surface area contributed by atoms with Crippen LogP contribution in [0.5, 0.6) is 0 Å². The van der Waals surface area contributed by atoms with Crippen molar-refractivity contribution in [2.24, 2.45) is 5.41 Å². The van der Waals surface area contributed by atoms with Crippen molar-refractivity contribution in [1.29, 1.82) is 0 Å². The summed E-state index contributed by atoms with van der Waals surface area (Å²) in [5.41, 5.74) is 2.43. The van der Waals surface area contributed by atoms with Gasteiger partial charge in [0.15, 0.2) is 5.82 Å². The first-order valence-electron chi connectivity index (χ1n) is 10.0. The number of pyridine rings is 1. The number of amides is 1. The largest absolute Gasteiger partial charge is 0.367 e. The van der Waals surface area contributed by atoms with E-state index in [1.165, 1.54) is 24.6 Å². The molecule has 0 saturated carbocycles. The van der Waals surface area contributed by atoms with Gasteiger partial charge in [-0.05, 0) is 43.7 Å². The van der Waals surface area contributed by atoms with Crippen LogP contribution in [0.2, 0.25) is 0 Å². The van der Waals surface area contributed by atoms with Gasteiger partial charge >= 0.3 is 0 Å². The highest BCUT2D eigenvalue weighted by atomic mass is 19.1. The summed E-state index contributed by atoms with van der Waals surface area (Å²) in [7, 11) is 0. The van der Waals surface area contributed by atoms with E-state index in [9.17, 15) is 9.18 Å². The molecule has 5 heteroatoms. The third kappa shape index (κ3) is 3.93. The molecule has 28 heavy (non-hydrogen) atoms. The van der Waals surface area contributed by atoms with Crippen molar-refractivity contribution in [2.45, 2.75) is 32.1 Å². The van der Waals surface area contributed by atoms with Gasteiger partial charge in [0.25, 0.3) is 0 Å². The predicted octanol–water partition coefficient (Wildman–Crippen LogP) is 3.89. The Morgan fingerprint density at radius 2 is 2.00 bits per heavy atom. The third-order valence-electron chi connectivity index (χ3n) is 5.81. The lowest BCUT2D eigenvalue weighted by Gasteiger charge is -2.50. The maximum Gasteiger partial charge on any atom is 0.230 e. The lowest BCUT2D eigenvalue weighted by atomic mass is 9.73. The van der Waals surface area contributed by atoms with Crippen LogP contribution in [0.25, 0.3) is 0 Å². The molecule has 0 bridgehead atoms. The van der Waals surface area contributed by atoms with Gasteiger partial charge in [0.2, 0.25) is 5.91 Å². The molecule has 0 radical (unpaired) electrons. The maximum atomic E-state index is 14.1. The molecule has 1 N–H and O–H groups in total. The van der Waals surface area contributed by atoms with Crippen LogP contribution in [0, 0.1) is 11.2 Å². The van der Waals surface area contributed by atoms with E-state index in [1.807, 2.05) is 35.2 Å². The lowest BCUT2D eigenvalue weighted by molar-refractivity contribution is -0.132. The molecule has 2 heterocycles. The van der Waals surface area contributed by atoms with Crippen molar-refractivity contribution >= 4 is 11.6 Å². The van der Waals surface area contributed by atoms with Gasteiger partial charge in [-0.2, -0.15) is 0 Å². The molecule has 146 valence electrons. The Morgan fingerprint density at radius 1 is 1.18 bits per heavy atom. The smallest absolute Gasteiger partial charge is 0.230 e. The number of carbonyl (C=O) groups is 1. The molecule has 1 aromatic heterocycles. The Morgan fingerprint density at radius 3 is 2.71 bits per heavy atom. The topological polar surface area (TPSA) is 45.2 Å². The number of halogens is 1. The number of rotatable bonds is 6. The van der Waals surface area contributed by atoms with Crippen LogP contribution in [-0.4, -0.2) is 30.5 Å². The number of nitrogens with one attached hydrogen (secondary N) is 1. The number of hydrogen-bond acceptors (Lipinski definition) is 3. The average Bonchev–Trinajstić information content (AvgIpc) is 2.71. The van der Waals surface area contributed by atoms with Crippen LogP contribution < -0.4 is 10.2 Å². The highest BCUT2D eigenvalue weighted by Gasteiger charge is 2.49. The number of anilines is 1. The van der Waals surface area contributed by atoms with Crippen LogP contribution >= 0.6 is 0 Å². The molecule has 4 nitrogen and oxygen atoms in total. The number of allylic oxidation sites excluding steroid dienone is 1. The summed E-state index contributed by atoms with van der Waals surface area (Å²) in [5.74, 6) is -0.280. The molecule has 4 rings (SSSR count). The summed E-state index contributed by atoms with van der Waals surface area (Å²) in [4.78, 5) is 18.9. The van der Waals surface area contributed by atoms with Crippen LogP contribution in [0.15, 0.2) is 60.4 Å². The van der Waals surface area contributed by atoms with Crippen LogP contribution in [0.4, 0.5) is 10.1 Å². The Balaban J connectivity index is 1.49. The van der Waals surface area contributed by atoms with Gasteiger partial charge in [-0.25, -0.2) is 4.39 Å². The zero-order valence-electron chi connectivity index (χ0n) is 16.0. The zero-order chi connectivity index (χ0) is 19.4. The molecular formula is C23H26FN3O. The van der Waals surface area contributed by atoms with Crippen molar-refractivity contribution in [3.63, 3.8) is 0 Å². The molecule has 1 aliphatic carbocycles. The van der Waals surface area contributed by atoms with Crippen LogP contribution in [0.3, 0.4) is 0 Å². The summed E-state index contributed by atoms with van der Waals surface area (Å²) in [6, 6.07) is 11.7. The number of carbonyl (C=O) groups excluding carboxylic acids is 1. The van der Waals surface area contributed by atoms with Crippen molar-refractivity contribution in [3.8, 4) is 0 Å². The normalized spacial score (nSPS) is 18.2. The summed E-state index contributed by atoms with van der Waals surface area (Å²) in [6.07, 6.45) is 10.3. The summed E-state index contributed by atoms with van der Waals surface area (Å²) >= 11 is 0. The second-order valence-corrected chi connectivity index (χ2v) is 7.92. The Labute approximate surface area is 165 Å². The van der Waals surface area contributed by atoms with Gasteiger partial charge in [-0.3, -0.25) is 9.78 Å². The van der Waals surface area contributed by atoms with Gasteiger partial charge in [0.05, 0.1) is 17.3 Å². The predicted molar refractivity (Wildman–Crippen MR) is 109 cm³/mol. The molecule has 1 amide bonds. The number of aromatic nitrogens is 1. The SMILES string of the molecule is O=C(NCC1=CCCCC1)C1(Cc2ccccc2)CN(c2ccncc2F)C1. The second kappa shape index (κ2) is 8.13. The fraction of sp³-hybridized carbons (Fsp3) is 0.391. The summed E-state index contributed by atoms with van der Waals surface area (Å²) in [6.45, 7) is 1.64. The minimum Gasteiger partial charge on any atom is -0.367 e. The highest BCUT2D eigenvalue weighted by Crippen LogP contribution is 2.38. The molecule has 1 aliphatic heterocycles. The first-order valence-corrected chi connectivity index (χ1v) is 10.0. The second-order valence-electron chi connectivity index (χ2n) is 7.92. The number of benzene rings is 1. The lowest BCUT2D eigenvalue weighted by Crippen LogP contribution is -2.64. The van der Waals surface area contributed by atoms with Crippen molar-refractivity contribution in [1.82, 2.24) is 10.3 Å². The highest BCUT2D eigenvalue weighted by molar-refractivity contribution is 5.87. The average molecular weight is 379 g/mol. The van der Waals surface area contributed by atoms with Gasteiger partial charge in [-0.1, -0.05) is 42.0 Å². The molecule has 2 aromatic rings. The third-order valence-corrected chi connectivity index (χ3v) is 5.81. The minimum atomic E-state index is -0.535. The van der Waals surface area contributed by atoms with Gasteiger partial charge in [0.1, 0.15) is 0 Å². The van der Waals surface area contributed by atoms with E-state index in [0.717, 1.165) is 18.4 Å². The van der Waals surface area contributed by atoms with Crippen molar-refractivity contribution in [3.05, 3.63) is 71.8 Å². The fourth-order valence-corrected chi connectivity index (χ4v) is 4.25. The first kappa shape index (κ1) is 18.7. The minimum absolute atomic E-state index is 0.0635. The summed E-state index contributed by atoms with van der Waals surface area (Å²) in [5, 5.41) is 3.16. The monoisotopic (exact) mass is 379 g/mol. The molecule has 0 unspecified atom stereocenters. The Kier molecular flexibility index (Phi) is 5.42. The summed E-state index contributed by atoms with van der Waals surface area (Å²) < 4.78 is 14.1. The van der Waals surface area contributed by atoms with Gasteiger partial charge in [-0.15, -0.1) is 0 Å². The van der Waals surface area contributed by atoms with E-state index in [-0.39, 0.29) is 11.7 Å². The number of hydrogen-bond donors (Lipinski definition) is 1. The molecular weight excluding hydrogens is 353 g/mol.